The Hall–Kier alpha value is 0.170. The average Bonchev–Trinajstić information content (AvgIpc) is 2.04. The Labute approximate surface area is 99.6 Å². The molecule has 0 saturated carbocycles. The van der Waals surface area contributed by atoms with Gasteiger partial charge in [-0.1, -0.05) is 13.8 Å². The Kier molecular flexibility index (Phi) is 4.84. The first-order valence-corrected chi connectivity index (χ1v) is 5.83. The third-order valence-corrected chi connectivity index (χ3v) is 3.77. The largest absolute Gasteiger partial charge is 0.314 e. The number of likely N-dealkylation sites (N-methyl/N-ethyl adjacent to an activating group) is 1. The van der Waals surface area contributed by atoms with Crippen LogP contribution < -0.4 is 5.32 Å². The fourth-order valence-corrected chi connectivity index (χ4v) is 2.51. The van der Waals surface area contributed by atoms with Crippen molar-refractivity contribution in [2.24, 2.45) is 5.92 Å². The third kappa shape index (κ3) is 2.84. The molecule has 1 unspecified atom stereocenters. The molecule has 0 amide bonds. The second-order valence-corrected chi connectivity index (χ2v) is 5.10. The molecule has 0 aromatic heterocycles. The second kappa shape index (κ2) is 5.48. The van der Waals surface area contributed by atoms with E-state index in [4.69, 9.17) is 0 Å². The molecule has 15 heavy (non-hydrogen) atoms. The SMILES string of the molecule is CC(C)C1CN(C2CNC2)CCN1C.Cl. The summed E-state index contributed by atoms with van der Waals surface area (Å²) in [5, 5.41) is 3.36. The van der Waals surface area contributed by atoms with E-state index in [1.807, 2.05) is 0 Å². The van der Waals surface area contributed by atoms with Crippen molar-refractivity contribution in [3.05, 3.63) is 0 Å². The molecule has 2 heterocycles. The van der Waals surface area contributed by atoms with Gasteiger partial charge in [0.1, 0.15) is 0 Å². The zero-order valence-electron chi connectivity index (χ0n) is 10.1. The van der Waals surface area contributed by atoms with Crippen molar-refractivity contribution in [2.45, 2.75) is 25.9 Å². The minimum Gasteiger partial charge on any atom is -0.314 e. The van der Waals surface area contributed by atoms with Crippen LogP contribution in [-0.4, -0.2) is 61.7 Å². The van der Waals surface area contributed by atoms with Gasteiger partial charge in [-0.2, -0.15) is 0 Å². The Bertz CT molecular complexity index is 194. The van der Waals surface area contributed by atoms with Gasteiger partial charge in [0.05, 0.1) is 0 Å². The van der Waals surface area contributed by atoms with Crippen molar-refractivity contribution in [1.29, 1.82) is 0 Å². The predicted octanol–water partition coefficient (Wildman–Crippen LogP) is 0.652. The topological polar surface area (TPSA) is 18.5 Å². The van der Waals surface area contributed by atoms with Crippen molar-refractivity contribution in [3.63, 3.8) is 0 Å². The molecule has 2 aliphatic rings. The van der Waals surface area contributed by atoms with Crippen LogP contribution in [0.3, 0.4) is 0 Å². The molecule has 0 aliphatic carbocycles. The maximum Gasteiger partial charge on any atom is 0.0346 e. The van der Waals surface area contributed by atoms with E-state index in [9.17, 15) is 0 Å². The molecular formula is C11H24ClN3. The maximum atomic E-state index is 3.36. The van der Waals surface area contributed by atoms with Crippen LogP contribution in [0.1, 0.15) is 13.8 Å². The van der Waals surface area contributed by atoms with E-state index >= 15 is 0 Å². The standard InChI is InChI=1S/C11H23N3.ClH/c1-9(2)11-8-14(5-4-13(11)3)10-6-12-7-10;/h9-12H,4-8H2,1-3H3;1H. The number of rotatable bonds is 2. The summed E-state index contributed by atoms with van der Waals surface area (Å²) in [5.74, 6) is 0.774. The van der Waals surface area contributed by atoms with Crippen LogP contribution in [0.4, 0.5) is 0 Å². The lowest BCUT2D eigenvalue weighted by atomic mass is 9.98. The van der Waals surface area contributed by atoms with Crippen molar-refractivity contribution >= 4 is 12.4 Å². The summed E-state index contributed by atoms with van der Waals surface area (Å²) in [6, 6.07) is 1.58. The monoisotopic (exact) mass is 233 g/mol. The number of hydrogen-bond acceptors (Lipinski definition) is 3. The first-order chi connectivity index (χ1) is 6.68. The van der Waals surface area contributed by atoms with Gasteiger partial charge in [-0.25, -0.2) is 0 Å². The molecule has 3 nitrogen and oxygen atoms in total. The summed E-state index contributed by atoms with van der Waals surface area (Å²) >= 11 is 0. The van der Waals surface area contributed by atoms with Gasteiger partial charge in [0, 0.05) is 44.8 Å². The normalized spacial score (nSPS) is 30.0. The van der Waals surface area contributed by atoms with Crippen LogP contribution in [0, 0.1) is 5.92 Å². The zero-order chi connectivity index (χ0) is 10.1. The summed E-state index contributed by atoms with van der Waals surface area (Å²) < 4.78 is 0. The first-order valence-electron chi connectivity index (χ1n) is 5.83. The maximum absolute atomic E-state index is 3.36. The first kappa shape index (κ1) is 13.2. The Morgan fingerprint density at radius 1 is 1.20 bits per heavy atom. The van der Waals surface area contributed by atoms with Gasteiger partial charge in [-0.3, -0.25) is 4.90 Å². The Morgan fingerprint density at radius 3 is 2.33 bits per heavy atom. The van der Waals surface area contributed by atoms with Gasteiger partial charge in [0.25, 0.3) is 0 Å². The predicted molar refractivity (Wildman–Crippen MR) is 66.7 cm³/mol. The number of hydrogen-bond donors (Lipinski definition) is 1. The van der Waals surface area contributed by atoms with E-state index in [1.54, 1.807) is 0 Å². The van der Waals surface area contributed by atoms with Crippen LogP contribution in [0.15, 0.2) is 0 Å². The third-order valence-electron chi connectivity index (χ3n) is 3.77. The van der Waals surface area contributed by atoms with Crippen LogP contribution >= 0.6 is 12.4 Å². The highest BCUT2D eigenvalue weighted by molar-refractivity contribution is 5.85. The molecule has 0 aromatic carbocycles. The minimum atomic E-state index is 0. The van der Waals surface area contributed by atoms with E-state index in [2.05, 4.69) is 36.0 Å². The Morgan fingerprint density at radius 2 is 1.87 bits per heavy atom. The zero-order valence-corrected chi connectivity index (χ0v) is 10.9. The van der Waals surface area contributed by atoms with E-state index in [0.717, 1.165) is 18.0 Å². The summed E-state index contributed by atoms with van der Waals surface area (Å²) in [7, 11) is 2.26. The lowest BCUT2D eigenvalue weighted by molar-refractivity contribution is 0.0284. The number of piperazine rings is 1. The molecule has 2 saturated heterocycles. The highest BCUT2D eigenvalue weighted by Gasteiger charge is 2.32. The van der Waals surface area contributed by atoms with Gasteiger partial charge in [-0.15, -0.1) is 12.4 Å². The fraction of sp³-hybridized carbons (Fsp3) is 1.00. The van der Waals surface area contributed by atoms with Crippen LogP contribution in [0.25, 0.3) is 0 Å². The molecule has 2 fully saturated rings. The number of halogens is 1. The molecule has 2 aliphatic heterocycles. The van der Waals surface area contributed by atoms with E-state index in [0.29, 0.717) is 0 Å². The quantitative estimate of drug-likeness (QED) is 0.756. The van der Waals surface area contributed by atoms with E-state index in [1.165, 1.54) is 32.7 Å². The van der Waals surface area contributed by atoms with Crippen molar-refractivity contribution in [3.8, 4) is 0 Å². The lowest BCUT2D eigenvalue weighted by Gasteiger charge is -2.47. The molecule has 0 bridgehead atoms. The highest BCUT2D eigenvalue weighted by Crippen LogP contribution is 2.18. The molecule has 4 heteroatoms. The summed E-state index contributed by atoms with van der Waals surface area (Å²) in [6.07, 6.45) is 0. The summed E-state index contributed by atoms with van der Waals surface area (Å²) in [4.78, 5) is 5.19. The second-order valence-electron chi connectivity index (χ2n) is 5.10. The molecule has 0 radical (unpaired) electrons. The van der Waals surface area contributed by atoms with Gasteiger partial charge in [0.15, 0.2) is 0 Å². The molecule has 0 spiro atoms. The van der Waals surface area contributed by atoms with Gasteiger partial charge in [-0.05, 0) is 13.0 Å². The Balaban J connectivity index is 0.00000112. The van der Waals surface area contributed by atoms with Crippen LogP contribution in [-0.2, 0) is 0 Å². The lowest BCUT2D eigenvalue weighted by Crippen LogP contribution is -2.64. The molecule has 90 valence electrons. The van der Waals surface area contributed by atoms with E-state index < -0.39 is 0 Å². The molecule has 2 rings (SSSR count). The molecule has 1 N–H and O–H groups in total. The van der Waals surface area contributed by atoms with Crippen molar-refractivity contribution < 1.29 is 0 Å². The van der Waals surface area contributed by atoms with Gasteiger partial charge >= 0.3 is 0 Å². The smallest absolute Gasteiger partial charge is 0.0346 e. The van der Waals surface area contributed by atoms with Crippen molar-refractivity contribution in [1.82, 2.24) is 15.1 Å². The summed E-state index contributed by atoms with van der Waals surface area (Å²) in [6.45, 7) is 10.8. The fourth-order valence-electron chi connectivity index (χ4n) is 2.51. The minimum absolute atomic E-state index is 0. The van der Waals surface area contributed by atoms with Crippen LogP contribution in [0.2, 0.25) is 0 Å². The highest BCUT2D eigenvalue weighted by atomic mass is 35.5. The summed E-state index contributed by atoms with van der Waals surface area (Å²) in [5.41, 5.74) is 0. The van der Waals surface area contributed by atoms with Crippen LogP contribution in [0.5, 0.6) is 0 Å². The van der Waals surface area contributed by atoms with Crippen molar-refractivity contribution in [2.75, 3.05) is 39.8 Å². The number of nitrogens with zero attached hydrogens (tertiary/aromatic N) is 2. The average molecular weight is 234 g/mol. The number of nitrogens with one attached hydrogen (secondary N) is 1. The van der Waals surface area contributed by atoms with Gasteiger partial charge in [0.2, 0.25) is 0 Å². The van der Waals surface area contributed by atoms with Gasteiger partial charge < -0.3 is 10.2 Å². The molecule has 1 atom stereocenters. The van der Waals surface area contributed by atoms with E-state index in [-0.39, 0.29) is 12.4 Å². The molecular weight excluding hydrogens is 210 g/mol. The molecule has 0 aromatic rings.